The van der Waals surface area contributed by atoms with Crippen LogP contribution in [0.2, 0.25) is 0 Å². The van der Waals surface area contributed by atoms with Gasteiger partial charge in [0.1, 0.15) is 11.9 Å². The first-order valence-corrected chi connectivity index (χ1v) is 8.30. The molecule has 2 N–H and O–H groups in total. The summed E-state index contributed by atoms with van der Waals surface area (Å²) in [4.78, 5) is 23.4. The highest BCUT2D eigenvalue weighted by Gasteiger charge is 2.37. The summed E-state index contributed by atoms with van der Waals surface area (Å²) in [6.45, 7) is 0. The molecular weight excluding hydrogens is 423 g/mol. The summed E-state index contributed by atoms with van der Waals surface area (Å²) in [6.07, 6.45) is -11.3. The monoisotopic (exact) mass is 437 g/mol. The third-order valence-electron chi connectivity index (χ3n) is 4.00. The molecule has 0 aliphatic carbocycles. The molecule has 162 valence electrons. The highest BCUT2D eigenvalue weighted by atomic mass is 19.4. The number of carboxylic acid groups (broad SMARTS) is 1. The number of amides is 1. The minimum atomic E-state index is -5.07. The van der Waals surface area contributed by atoms with Crippen molar-refractivity contribution in [2.45, 2.75) is 31.2 Å². The molecule has 0 unspecified atom stereocenters. The van der Waals surface area contributed by atoms with Gasteiger partial charge in [0, 0.05) is 6.42 Å². The molecule has 1 atom stereocenters. The number of carboxylic acids is 1. The molecule has 0 saturated carbocycles. The van der Waals surface area contributed by atoms with Crippen LogP contribution in [0.4, 0.5) is 30.7 Å². The van der Waals surface area contributed by atoms with Crippen molar-refractivity contribution < 1.29 is 45.4 Å². The second-order valence-corrected chi connectivity index (χ2v) is 6.38. The second-order valence-electron chi connectivity index (χ2n) is 6.38. The molecule has 11 heteroatoms. The molecule has 0 spiro atoms. The smallest absolute Gasteiger partial charge is 0.416 e. The van der Waals surface area contributed by atoms with E-state index in [1.54, 1.807) is 0 Å². The summed E-state index contributed by atoms with van der Waals surface area (Å²) in [5.74, 6) is -3.13. The lowest BCUT2D eigenvalue weighted by Gasteiger charge is -2.16. The van der Waals surface area contributed by atoms with Gasteiger partial charge in [-0.25, -0.2) is 9.18 Å². The highest BCUT2D eigenvalue weighted by Crippen LogP contribution is 2.36. The molecule has 0 aliphatic heterocycles. The Morgan fingerprint density at radius 3 is 1.80 bits per heavy atom. The Hall–Kier alpha value is -3.11. The zero-order valence-electron chi connectivity index (χ0n) is 14.9. The number of hydrogen-bond acceptors (Lipinski definition) is 2. The Labute approximate surface area is 165 Å². The summed E-state index contributed by atoms with van der Waals surface area (Å²) in [6, 6.07) is 3.88. The number of benzene rings is 2. The molecule has 0 aliphatic rings. The van der Waals surface area contributed by atoms with E-state index in [1.165, 1.54) is 12.1 Å². The molecule has 1 amide bonds. The molecule has 30 heavy (non-hydrogen) atoms. The topological polar surface area (TPSA) is 66.4 Å². The Balaban J connectivity index is 2.20. The predicted octanol–water partition coefficient (Wildman–Crippen LogP) is 4.22. The number of nitrogens with one attached hydrogen (secondary N) is 1. The maximum atomic E-state index is 12.9. The lowest BCUT2D eigenvalue weighted by molar-refractivity contribution is -0.143. The minimum Gasteiger partial charge on any atom is -0.480 e. The van der Waals surface area contributed by atoms with E-state index in [1.807, 2.05) is 5.32 Å². The normalized spacial score (nSPS) is 13.0. The average Bonchev–Trinajstić information content (AvgIpc) is 2.61. The van der Waals surface area contributed by atoms with Crippen LogP contribution in [0.15, 0.2) is 42.5 Å². The van der Waals surface area contributed by atoms with Crippen LogP contribution in [-0.2, 0) is 34.8 Å². The van der Waals surface area contributed by atoms with Crippen molar-refractivity contribution in [3.8, 4) is 0 Å². The van der Waals surface area contributed by atoms with E-state index in [0.717, 1.165) is 12.1 Å². The van der Waals surface area contributed by atoms with Crippen molar-refractivity contribution in [2.24, 2.45) is 0 Å². The second kappa shape index (κ2) is 8.72. The van der Waals surface area contributed by atoms with Gasteiger partial charge in [-0.15, -0.1) is 0 Å². The van der Waals surface area contributed by atoms with E-state index in [4.69, 9.17) is 0 Å². The zero-order valence-corrected chi connectivity index (χ0v) is 14.9. The van der Waals surface area contributed by atoms with E-state index in [-0.39, 0.29) is 12.5 Å². The third-order valence-corrected chi connectivity index (χ3v) is 4.00. The number of hydrogen-bond donors (Lipinski definition) is 2. The molecule has 2 aromatic rings. The lowest BCUT2D eigenvalue weighted by Crippen LogP contribution is -2.43. The highest BCUT2D eigenvalue weighted by molar-refractivity contribution is 5.85. The summed E-state index contributed by atoms with van der Waals surface area (Å²) in [7, 11) is 0. The van der Waals surface area contributed by atoms with Crippen LogP contribution in [0.25, 0.3) is 0 Å². The van der Waals surface area contributed by atoms with E-state index in [9.17, 15) is 45.4 Å². The maximum Gasteiger partial charge on any atom is 0.416 e. The van der Waals surface area contributed by atoms with Crippen molar-refractivity contribution >= 4 is 11.9 Å². The molecule has 0 aromatic heterocycles. The number of carbonyl (C=O) groups is 2. The van der Waals surface area contributed by atoms with Crippen molar-refractivity contribution in [1.29, 1.82) is 0 Å². The fourth-order valence-electron chi connectivity index (χ4n) is 2.61. The lowest BCUT2D eigenvalue weighted by atomic mass is 10.0. The Morgan fingerprint density at radius 1 is 0.867 bits per heavy atom. The average molecular weight is 437 g/mol. The van der Waals surface area contributed by atoms with E-state index < -0.39 is 59.2 Å². The van der Waals surface area contributed by atoms with Crippen molar-refractivity contribution in [3.05, 3.63) is 70.5 Å². The maximum absolute atomic E-state index is 12.9. The van der Waals surface area contributed by atoms with Crippen LogP contribution in [0.5, 0.6) is 0 Å². The number of rotatable bonds is 6. The summed E-state index contributed by atoms with van der Waals surface area (Å²) in [5, 5.41) is 11.3. The van der Waals surface area contributed by atoms with Crippen molar-refractivity contribution in [1.82, 2.24) is 5.32 Å². The van der Waals surface area contributed by atoms with Gasteiger partial charge in [0.15, 0.2) is 0 Å². The SMILES string of the molecule is O=C(Cc1cc(C(F)(F)F)cc(C(F)(F)F)c1)N[C@H](Cc1ccc(F)cc1)C(=O)O. The summed E-state index contributed by atoms with van der Waals surface area (Å²) < 4.78 is 90.2. The van der Waals surface area contributed by atoms with Gasteiger partial charge in [-0.1, -0.05) is 12.1 Å². The fraction of sp³-hybridized carbons (Fsp3) is 0.263. The van der Waals surface area contributed by atoms with Gasteiger partial charge in [0.25, 0.3) is 0 Å². The largest absolute Gasteiger partial charge is 0.480 e. The van der Waals surface area contributed by atoms with Gasteiger partial charge >= 0.3 is 18.3 Å². The molecule has 0 heterocycles. The van der Waals surface area contributed by atoms with E-state index in [0.29, 0.717) is 17.7 Å². The van der Waals surface area contributed by atoms with Crippen LogP contribution in [0, 0.1) is 5.82 Å². The zero-order chi connectivity index (χ0) is 22.7. The van der Waals surface area contributed by atoms with E-state index >= 15 is 0 Å². The van der Waals surface area contributed by atoms with Gasteiger partial charge in [-0.2, -0.15) is 26.3 Å². The van der Waals surface area contributed by atoms with Crippen LogP contribution in [0.3, 0.4) is 0 Å². The molecule has 4 nitrogen and oxygen atoms in total. The number of aliphatic carboxylic acids is 1. The Kier molecular flexibility index (Phi) is 6.73. The standard InChI is InChI=1S/C19H14F7NO3/c20-14-3-1-10(2-4-14)7-15(17(29)30)27-16(28)8-11-5-12(18(21,22)23)9-13(6-11)19(24,25)26/h1-6,9,15H,7-8H2,(H,27,28)(H,29,30)/t15-/m1/s1. The van der Waals surface area contributed by atoms with Crippen LogP contribution < -0.4 is 5.32 Å². The molecular formula is C19H14F7NO3. The van der Waals surface area contributed by atoms with Gasteiger partial charge in [-0.05, 0) is 41.5 Å². The summed E-state index contributed by atoms with van der Waals surface area (Å²) >= 11 is 0. The molecule has 2 rings (SSSR count). The van der Waals surface area contributed by atoms with Crippen LogP contribution in [-0.4, -0.2) is 23.0 Å². The Morgan fingerprint density at radius 2 is 1.37 bits per heavy atom. The molecule has 0 bridgehead atoms. The van der Waals surface area contributed by atoms with Gasteiger partial charge < -0.3 is 10.4 Å². The first-order valence-electron chi connectivity index (χ1n) is 8.30. The molecule has 0 saturated heterocycles. The van der Waals surface area contributed by atoms with Gasteiger partial charge in [0.2, 0.25) is 5.91 Å². The quantitative estimate of drug-likeness (QED) is 0.666. The fourth-order valence-corrected chi connectivity index (χ4v) is 2.61. The summed E-state index contributed by atoms with van der Waals surface area (Å²) in [5.41, 5.74) is -3.40. The van der Waals surface area contributed by atoms with E-state index in [2.05, 4.69) is 0 Å². The number of alkyl halides is 6. The van der Waals surface area contributed by atoms with Gasteiger partial charge in [0.05, 0.1) is 17.5 Å². The first kappa shape index (κ1) is 23.2. The minimum absolute atomic E-state index is 0.0734. The third kappa shape index (κ3) is 6.46. The Bertz CT molecular complexity index is 889. The predicted molar refractivity (Wildman–Crippen MR) is 89.8 cm³/mol. The first-order chi connectivity index (χ1) is 13.8. The van der Waals surface area contributed by atoms with Crippen LogP contribution in [0.1, 0.15) is 22.3 Å². The van der Waals surface area contributed by atoms with Crippen molar-refractivity contribution in [2.75, 3.05) is 0 Å². The van der Waals surface area contributed by atoms with Crippen molar-refractivity contribution in [3.63, 3.8) is 0 Å². The number of halogens is 7. The molecule has 0 radical (unpaired) electrons. The number of carbonyl (C=O) groups excluding carboxylic acids is 1. The van der Waals surface area contributed by atoms with Crippen LogP contribution >= 0.6 is 0 Å². The molecule has 0 fully saturated rings. The molecule has 2 aromatic carbocycles. The van der Waals surface area contributed by atoms with Gasteiger partial charge in [-0.3, -0.25) is 4.79 Å².